The number of carbonyl (C=O) groups is 2. The SMILES string of the molecule is O=C(O)/C=C/N1NNNC1=O. The molecule has 7 nitrogen and oxygen atoms in total. The van der Waals surface area contributed by atoms with Gasteiger partial charge >= 0.3 is 12.0 Å². The van der Waals surface area contributed by atoms with Crippen LogP contribution < -0.4 is 16.5 Å². The lowest BCUT2D eigenvalue weighted by Gasteiger charge is -2.03. The smallest absolute Gasteiger partial charge is 0.352 e. The van der Waals surface area contributed by atoms with Crippen molar-refractivity contribution in [3.63, 3.8) is 0 Å². The summed E-state index contributed by atoms with van der Waals surface area (Å²) in [5.74, 6) is -1.12. The van der Waals surface area contributed by atoms with Crippen LogP contribution in [0, 0.1) is 0 Å². The van der Waals surface area contributed by atoms with E-state index in [4.69, 9.17) is 5.11 Å². The molecule has 0 aromatic carbocycles. The van der Waals surface area contributed by atoms with Crippen LogP contribution in [0.5, 0.6) is 0 Å². The Labute approximate surface area is 61.6 Å². The highest BCUT2D eigenvalue weighted by atomic mass is 16.4. The first-order valence-electron chi connectivity index (χ1n) is 2.71. The average Bonchev–Trinajstić information content (AvgIpc) is 2.31. The van der Waals surface area contributed by atoms with Crippen molar-refractivity contribution in [2.24, 2.45) is 0 Å². The van der Waals surface area contributed by atoms with Gasteiger partial charge in [0.05, 0.1) is 0 Å². The van der Waals surface area contributed by atoms with Crippen molar-refractivity contribution in [2.75, 3.05) is 0 Å². The van der Waals surface area contributed by atoms with Crippen LogP contribution in [-0.4, -0.2) is 22.1 Å². The molecule has 1 saturated heterocycles. The predicted molar refractivity (Wildman–Crippen MR) is 33.4 cm³/mol. The normalized spacial score (nSPS) is 17.5. The summed E-state index contributed by atoms with van der Waals surface area (Å²) < 4.78 is 0. The molecule has 60 valence electrons. The molecule has 0 bridgehead atoms. The van der Waals surface area contributed by atoms with Gasteiger partial charge < -0.3 is 5.11 Å². The van der Waals surface area contributed by atoms with E-state index in [9.17, 15) is 9.59 Å². The number of carboxylic acids is 1. The largest absolute Gasteiger partial charge is 0.478 e. The third-order valence-corrected chi connectivity index (χ3v) is 0.931. The Bertz CT molecular complexity index is 213. The zero-order valence-corrected chi connectivity index (χ0v) is 5.37. The van der Waals surface area contributed by atoms with Gasteiger partial charge in [0.25, 0.3) is 0 Å². The summed E-state index contributed by atoms with van der Waals surface area (Å²) >= 11 is 0. The number of hydrogen-bond donors (Lipinski definition) is 4. The number of amides is 2. The minimum atomic E-state index is -1.12. The number of aliphatic carboxylic acids is 1. The molecule has 7 heteroatoms. The topological polar surface area (TPSA) is 93.7 Å². The maximum atomic E-state index is 10.6. The second kappa shape index (κ2) is 2.99. The molecule has 0 spiro atoms. The Kier molecular flexibility index (Phi) is 2.04. The van der Waals surface area contributed by atoms with Gasteiger partial charge in [0.15, 0.2) is 0 Å². The van der Waals surface area contributed by atoms with Crippen LogP contribution in [0.1, 0.15) is 0 Å². The molecule has 1 heterocycles. The highest BCUT2D eigenvalue weighted by molar-refractivity contribution is 5.81. The monoisotopic (exact) mass is 158 g/mol. The van der Waals surface area contributed by atoms with Crippen LogP contribution in [0.3, 0.4) is 0 Å². The van der Waals surface area contributed by atoms with E-state index in [1.165, 1.54) is 0 Å². The second-order valence-electron chi connectivity index (χ2n) is 1.69. The molecule has 0 unspecified atom stereocenters. The third-order valence-electron chi connectivity index (χ3n) is 0.931. The van der Waals surface area contributed by atoms with Gasteiger partial charge in [-0.25, -0.2) is 14.6 Å². The molecule has 0 radical (unpaired) electrons. The highest BCUT2D eigenvalue weighted by Gasteiger charge is 2.15. The van der Waals surface area contributed by atoms with Crippen molar-refractivity contribution in [3.05, 3.63) is 12.3 Å². The summed E-state index contributed by atoms with van der Waals surface area (Å²) in [5, 5.41) is 9.12. The van der Waals surface area contributed by atoms with Crippen molar-refractivity contribution in [2.45, 2.75) is 0 Å². The molecule has 4 N–H and O–H groups in total. The summed E-state index contributed by atoms with van der Waals surface area (Å²) in [7, 11) is 0. The lowest BCUT2D eigenvalue weighted by atomic mass is 10.6. The van der Waals surface area contributed by atoms with Crippen LogP contribution in [0.15, 0.2) is 12.3 Å². The molecular weight excluding hydrogens is 152 g/mol. The van der Waals surface area contributed by atoms with Gasteiger partial charge in [-0.05, 0) is 0 Å². The van der Waals surface area contributed by atoms with Gasteiger partial charge in [0.2, 0.25) is 0 Å². The van der Waals surface area contributed by atoms with E-state index in [0.29, 0.717) is 0 Å². The van der Waals surface area contributed by atoms with Gasteiger partial charge in [-0.15, -0.1) is 11.1 Å². The van der Waals surface area contributed by atoms with Crippen LogP contribution in [-0.2, 0) is 4.79 Å². The number of urea groups is 1. The number of carboxylic acid groups (broad SMARTS) is 1. The molecule has 0 atom stereocenters. The van der Waals surface area contributed by atoms with Gasteiger partial charge in [0, 0.05) is 12.3 Å². The highest BCUT2D eigenvalue weighted by Crippen LogP contribution is 1.87. The molecule has 0 aromatic heterocycles. The van der Waals surface area contributed by atoms with Crippen molar-refractivity contribution < 1.29 is 14.7 Å². The van der Waals surface area contributed by atoms with Crippen molar-refractivity contribution in [3.8, 4) is 0 Å². The quantitative estimate of drug-likeness (QED) is 0.368. The average molecular weight is 158 g/mol. The summed E-state index contributed by atoms with van der Waals surface area (Å²) in [5.41, 5.74) is 6.79. The number of carbonyl (C=O) groups excluding carboxylic acids is 1. The van der Waals surface area contributed by atoms with Crippen LogP contribution in [0.2, 0.25) is 0 Å². The predicted octanol–water partition coefficient (Wildman–Crippen LogP) is -1.47. The van der Waals surface area contributed by atoms with E-state index >= 15 is 0 Å². The number of nitrogens with zero attached hydrogens (tertiary/aromatic N) is 1. The Morgan fingerprint density at radius 2 is 2.36 bits per heavy atom. The fourth-order valence-electron chi connectivity index (χ4n) is 0.496. The summed E-state index contributed by atoms with van der Waals surface area (Å²) in [6.45, 7) is 0. The van der Waals surface area contributed by atoms with E-state index in [1.807, 2.05) is 0 Å². The first kappa shape index (κ1) is 7.51. The molecule has 0 saturated carbocycles. The van der Waals surface area contributed by atoms with E-state index in [-0.39, 0.29) is 0 Å². The Morgan fingerprint density at radius 1 is 1.64 bits per heavy atom. The Hall–Kier alpha value is -1.60. The van der Waals surface area contributed by atoms with Gasteiger partial charge in [-0.1, -0.05) is 0 Å². The molecule has 2 amide bonds. The maximum Gasteiger partial charge on any atom is 0.352 e. The second-order valence-corrected chi connectivity index (χ2v) is 1.69. The molecule has 0 aromatic rings. The summed E-state index contributed by atoms with van der Waals surface area (Å²) in [6, 6.07) is -0.470. The standard InChI is InChI=1S/C4H6N4O3/c9-3(10)1-2-8-4(11)5-6-7-8/h1-2,6-7H,(H,5,11)(H,9,10)/b2-1+. The fourth-order valence-corrected chi connectivity index (χ4v) is 0.496. The number of nitrogens with one attached hydrogen (secondary N) is 3. The van der Waals surface area contributed by atoms with Crippen molar-refractivity contribution in [1.29, 1.82) is 0 Å². The molecule has 1 rings (SSSR count). The molecule has 0 aliphatic carbocycles. The lowest BCUT2D eigenvalue weighted by molar-refractivity contribution is -0.131. The van der Waals surface area contributed by atoms with Crippen LogP contribution in [0.4, 0.5) is 4.79 Å². The molecular formula is C4H6N4O3. The first-order chi connectivity index (χ1) is 5.20. The maximum absolute atomic E-state index is 10.6. The first-order valence-corrected chi connectivity index (χ1v) is 2.71. The number of hydrogen-bond acceptors (Lipinski definition) is 4. The van der Waals surface area contributed by atoms with E-state index in [2.05, 4.69) is 16.5 Å². The minimum absolute atomic E-state index is 0.470. The van der Waals surface area contributed by atoms with Gasteiger partial charge in [0.1, 0.15) is 0 Å². The van der Waals surface area contributed by atoms with Crippen LogP contribution >= 0.6 is 0 Å². The van der Waals surface area contributed by atoms with Gasteiger partial charge in [-0.3, -0.25) is 5.43 Å². The Balaban J connectivity index is 2.48. The Morgan fingerprint density at radius 3 is 2.82 bits per heavy atom. The third kappa shape index (κ3) is 1.92. The molecule has 1 aliphatic rings. The molecule has 1 fully saturated rings. The van der Waals surface area contributed by atoms with E-state index in [0.717, 1.165) is 17.3 Å². The van der Waals surface area contributed by atoms with Crippen molar-refractivity contribution >= 4 is 12.0 Å². The zero-order valence-electron chi connectivity index (χ0n) is 5.37. The van der Waals surface area contributed by atoms with E-state index < -0.39 is 12.0 Å². The minimum Gasteiger partial charge on any atom is -0.478 e. The summed E-state index contributed by atoms with van der Waals surface area (Å²) in [6.07, 6.45) is 1.91. The van der Waals surface area contributed by atoms with Crippen molar-refractivity contribution in [1.82, 2.24) is 21.5 Å². The van der Waals surface area contributed by atoms with Gasteiger partial charge in [-0.2, -0.15) is 0 Å². The zero-order chi connectivity index (χ0) is 8.27. The van der Waals surface area contributed by atoms with Crippen LogP contribution in [0.25, 0.3) is 0 Å². The number of rotatable bonds is 2. The lowest BCUT2D eigenvalue weighted by Crippen LogP contribution is -2.34. The fraction of sp³-hybridized carbons (Fsp3) is 0. The van der Waals surface area contributed by atoms with E-state index in [1.54, 1.807) is 0 Å². The molecule has 1 aliphatic heterocycles. The summed E-state index contributed by atoms with van der Waals surface area (Å²) in [4.78, 5) is 20.6. The number of hydrazine groups is 3. The molecule has 11 heavy (non-hydrogen) atoms.